The molecule has 0 saturated carbocycles. The first-order valence-electron chi connectivity index (χ1n) is 8.83. The van der Waals surface area contributed by atoms with Crippen LogP contribution in [0.5, 0.6) is 5.88 Å². The van der Waals surface area contributed by atoms with Crippen molar-refractivity contribution in [3.8, 4) is 11.6 Å². The maximum atomic E-state index is 12.2. The second-order valence-electron chi connectivity index (χ2n) is 6.15. The molecule has 154 valence electrons. The van der Waals surface area contributed by atoms with E-state index < -0.39 is 12.1 Å². The molecule has 0 saturated heterocycles. The average molecular weight is 421 g/mol. The highest BCUT2D eigenvalue weighted by Gasteiger charge is 2.25. The van der Waals surface area contributed by atoms with Gasteiger partial charge in [0.05, 0.1) is 43.3 Å². The molecule has 29 heavy (non-hydrogen) atoms. The van der Waals surface area contributed by atoms with E-state index in [1.54, 1.807) is 24.1 Å². The summed E-state index contributed by atoms with van der Waals surface area (Å²) in [4.78, 5) is 20.6. The van der Waals surface area contributed by atoms with Crippen molar-refractivity contribution in [2.24, 2.45) is 0 Å². The van der Waals surface area contributed by atoms with Crippen LogP contribution in [0.4, 0.5) is 0 Å². The molecule has 0 fully saturated rings. The third-order valence-corrected chi connectivity index (χ3v) is 4.38. The van der Waals surface area contributed by atoms with Gasteiger partial charge in [-0.3, -0.25) is 0 Å². The first-order valence-corrected chi connectivity index (χ1v) is 9.21. The van der Waals surface area contributed by atoms with Crippen LogP contribution in [0, 0.1) is 0 Å². The number of benzene rings is 1. The van der Waals surface area contributed by atoms with Gasteiger partial charge in [0.15, 0.2) is 5.65 Å². The summed E-state index contributed by atoms with van der Waals surface area (Å²) in [6.07, 6.45) is 1.65. The number of halogens is 1. The minimum atomic E-state index is -1.01. The van der Waals surface area contributed by atoms with Gasteiger partial charge in [-0.05, 0) is 19.1 Å². The van der Waals surface area contributed by atoms with Crippen LogP contribution in [0.25, 0.3) is 16.7 Å². The standard InChI is InChI=1S/C19H21ClN4O5/c1-12(9-26-2)28-10-16(19(25)27-3)29-18-13-8-23-24(17(13)21-11-22-18)15-7-5-4-6-14(15)20/h4-8,11-12,16H,9-10H2,1-3H3/t12-,16?/m1/s1. The minimum absolute atomic E-state index is 0.0264. The first-order chi connectivity index (χ1) is 14.0. The lowest BCUT2D eigenvalue weighted by atomic mass is 10.3. The van der Waals surface area contributed by atoms with Crippen molar-refractivity contribution in [3.63, 3.8) is 0 Å². The number of carbonyl (C=O) groups excluding carboxylic acids is 1. The number of ether oxygens (including phenoxy) is 4. The molecule has 9 nitrogen and oxygen atoms in total. The van der Waals surface area contributed by atoms with Gasteiger partial charge in [0.25, 0.3) is 0 Å². The van der Waals surface area contributed by atoms with Gasteiger partial charge in [0.1, 0.15) is 11.7 Å². The van der Waals surface area contributed by atoms with E-state index in [1.165, 1.54) is 13.4 Å². The number of hydrogen-bond acceptors (Lipinski definition) is 8. The van der Waals surface area contributed by atoms with Crippen LogP contribution >= 0.6 is 11.6 Å². The Balaban J connectivity index is 1.88. The van der Waals surface area contributed by atoms with Crippen LogP contribution in [0.3, 0.4) is 0 Å². The number of fused-ring (bicyclic) bond motifs is 1. The third kappa shape index (κ3) is 4.81. The van der Waals surface area contributed by atoms with Crippen molar-refractivity contribution < 1.29 is 23.7 Å². The molecule has 2 atom stereocenters. The molecule has 0 aliphatic carbocycles. The smallest absolute Gasteiger partial charge is 0.349 e. The molecule has 0 amide bonds. The van der Waals surface area contributed by atoms with Gasteiger partial charge < -0.3 is 18.9 Å². The highest BCUT2D eigenvalue weighted by Crippen LogP contribution is 2.27. The molecule has 1 unspecified atom stereocenters. The lowest BCUT2D eigenvalue weighted by molar-refractivity contribution is -0.153. The van der Waals surface area contributed by atoms with Crippen LogP contribution in [-0.4, -0.2) is 65.4 Å². The van der Waals surface area contributed by atoms with Gasteiger partial charge in [0.2, 0.25) is 12.0 Å². The van der Waals surface area contributed by atoms with Gasteiger partial charge in [-0.25, -0.2) is 19.4 Å². The van der Waals surface area contributed by atoms with Gasteiger partial charge in [-0.15, -0.1) is 0 Å². The second-order valence-corrected chi connectivity index (χ2v) is 6.56. The predicted molar refractivity (Wildman–Crippen MR) is 105 cm³/mol. The fourth-order valence-electron chi connectivity index (χ4n) is 2.67. The molecular formula is C19H21ClN4O5. The van der Waals surface area contributed by atoms with Crippen LogP contribution in [0.1, 0.15) is 6.92 Å². The Morgan fingerprint density at radius 1 is 1.21 bits per heavy atom. The van der Waals surface area contributed by atoms with Crippen molar-refractivity contribution in [2.75, 3.05) is 27.4 Å². The summed E-state index contributed by atoms with van der Waals surface area (Å²) in [5.74, 6) is -0.397. The Morgan fingerprint density at radius 3 is 2.72 bits per heavy atom. The topological polar surface area (TPSA) is 97.6 Å². The summed E-state index contributed by atoms with van der Waals surface area (Å²) < 4.78 is 22.9. The Kier molecular flexibility index (Phi) is 6.97. The van der Waals surface area contributed by atoms with Crippen LogP contribution in [0.15, 0.2) is 36.8 Å². The summed E-state index contributed by atoms with van der Waals surface area (Å²) in [6, 6.07) is 7.25. The molecule has 0 aliphatic rings. The second kappa shape index (κ2) is 9.64. The zero-order valence-electron chi connectivity index (χ0n) is 16.2. The molecule has 3 rings (SSSR count). The van der Waals surface area contributed by atoms with Gasteiger partial charge in [-0.1, -0.05) is 23.7 Å². The summed E-state index contributed by atoms with van der Waals surface area (Å²) in [6.45, 7) is 2.19. The predicted octanol–water partition coefficient (Wildman–Crippen LogP) is 2.44. The highest BCUT2D eigenvalue weighted by atomic mass is 35.5. The number of nitrogens with zero attached hydrogens (tertiary/aromatic N) is 4. The first kappa shape index (κ1) is 21.0. The van der Waals surface area contributed by atoms with E-state index in [2.05, 4.69) is 15.1 Å². The molecule has 0 bridgehead atoms. The van der Waals surface area contributed by atoms with E-state index in [0.29, 0.717) is 28.4 Å². The maximum Gasteiger partial charge on any atom is 0.349 e. The van der Waals surface area contributed by atoms with E-state index in [4.69, 9.17) is 30.5 Å². The molecule has 3 aromatic rings. The van der Waals surface area contributed by atoms with Crippen molar-refractivity contribution in [1.82, 2.24) is 19.7 Å². The summed E-state index contributed by atoms with van der Waals surface area (Å²) >= 11 is 6.27. The molecule has 2 heterocycles. The van der Waals surface area contributed by atoms with Gasteiger partial charge >= 0.3 is 5.97 Å². The van der Waals surface area contributed by atoms with Crippen LogP contribution in [-0.2, 0) is 19.0 Å². The summed E-state index contributed by atoms with van der Waals surface area (Å²) in [5, 5.41) is 5.38. The Hall–Kier alpha value is -2.75. The van der Waals surface area contributed by atoms with E-state index in [1.807, 2.05) is 25.1 Å². The van der Waals surface area contributed by atoms with Crippen LogP contribution < -0.4 is 4.74 Å². The number of aromatic nitrogens is 4. The third-order valence-electron chi connectivity index (χ3n) is 4.06. The van der Waals surface area contributed by atoms with Gasteiger partial charge in [-0.2, -0.15) is 5.10 Å². The number of carbonyl (C=O) groups is 1. The quantitative estimate of drug-likeness (QED) is 0.487. The molecule has 0 N–H and O–H groups in total. The summed E-state index contributed by atoms with van der Waals surface area (Å²) in [7, 11) is 2.85. The fraction of sp³-hybridized carbons (Fsp3) is 0.368. The average Bonchev–Trinajstić information content (AvgIpc) is 3.16. The fourth-order valence-corrected chi connectivity index (χ4v) is 2.88. The van der Waals surface area contributed by atoms with Crippen LogP contribution in [0.2, 0.25) is 5.02 Å². The zero-order valence-corrected chi connectivity index (χ0v) is 17.0. The number of rotatable bonds is 9. The molecule has 1 aromatic carbocycles. The van der Waals surface area contributed by atoms with E-state index in [-0.39, 0.29) is 18.6 Å². The Morgan fingerprint density at radius 2 is 2.00 bits per heavy atom. The number of hydrogen-bond donors (Lipinski definition) is 0. The lowest BCUT2D eigenvalue weighted by Crippen LogP contribution is -2.35. The Bertz CT molecular complexity index is 980. The molecular weight excluding hydrogens is 400 g/mol. The zero-order chi connectivity index (χ0) is 20.8. The number of methoxy groups -OCH3 is 2. The van der Waals surface area contributed by atoms with Crippen molar-refractivity contribution in [3.05, 3.63) is 41.8 Å². The van der Waals surface area contributed by atoms with E-state index in [0.717, 1.165) is 0 Å². The lowest BCUT2D eigenvalue weighted by Gasteiger charge is -2.19. The minimum Gasteiger partial charge on any atom is -0.466 e. The number of para-hydroxylation sites is 1. The van der Waals surface area contributed by atoms with Gasteiger partial charge in [0, 0.05) is 7.11 Å². The van der Waals surface area contributed by atoms with E-state index >= 15 is 0 Å². The SMILES string of the molecule is COC[C@@H](C)OCC(Oc1ncnc2c1cnn2-c1ccccc1Cl)C(=O)OC. The Labute approximate surface area is 172 Å². The maximum absolute atomic E-state index is 12.2. The largest absolute Gasteiger partial charge is 0.466 e. The summed E-state index contributed by atoms with van der Waals surface area (Å²) in [5.41, 5.74) is 1.15. The van der Waals surface area contributed by atoms with Crippen molar-refractivity contribution in [1.29, 1.82) is 0 Å². The molecule has 0 aliphatic heterocycles. The molecule has 10 heteroatoms. The van der Waals surface area contributed by atoms with Crippen molar-refractivity contribution in [2.45, 2.75) is 19.1 Å². The number of esters is 1. The van der Waals surface area contributed by atoms with Crippen molar-refractivity contribution >= 4 is 28.6 Å². The molecule has 0 radical (unpaired) electrons. The molecule has 2 aromatic heterocycles. The molecule has 0 spiro atoms. The monoisotopic (exact) mass is 420 g/mol. The highest BCUT2D eigenvalue weighted by molar-refractivity contribution is 6.32. The van der Waals surface area contributed by atoms with E-state index in [9.17, 15) is 4.79 Å². The normalized spacial score (nSPS) is 13.2.